The molecule has 4 heteroatoms. The van der Waals surface area contributed by atoms with Gasteiger partial charge in [0, 0.05) is 5.54 Å². The lowest BCUT2D eigenvalue weighted by atomic mass is 10.0. The summed E-state index contributed by atoms with van der Waals surface area (Å²) in [4.78, 5) is 17.9. The van der Waals surface area contributed by atoms with Gasteiger partial charge in [0.05, 0.1) is 13.7 Å². The Morgan fingerprint density at radius 2 is 2.31 bits per heavy atom. The van der Waals surface area contributed by atoms with Gasteiger partial charge >= 0.3 is 0 Å². The second kappa shape index (κ2) is 4.07. The molecule has 1 saturated heterocycles. The summed E-state index contributed by atoms with van der Waals surface area (Å²) >= 11 is 0. The van der Waals surface area contributed by atoms with Gasteiger partial charge in [0.1, 0.15) is 0 Å². The van der Waals surface area contributed by atoms with Gasteiger partial charge < -0.3 is 0 Å². The van der Waals surface area contributed by atoms with Crippen molar-refractivity contribution in [2.24, 2.45) is 0 Å². The normalized spacial score (nSPS) is 21.8. The van der Waals surface area contributed by atoms with E-state index in [1.54, 1.807) is 0 Å². The van der Waals surface area contributed by atoms with Crippen LogP contribution in [-0.4, -0.2) is 36.5 Å². The van der Waals surface area contributed by atoms with Crippen LogP contribution >= 0.6 is 0 Å². The Bertz CT molecular complexity index is 192. The van der Waals surface area contributed by atoms with Gasteiger partial charge in [0.25, 0.3) is 5.91 Å². The summed E-state index contributed by atoms with van der Waals surface area (Å²) in [6.07, 6.45) is 2.33. The van der Waals surface area contributed by atoms with E-state index in [2.05, 4.69) is 29.1 Å². The molecule has 0 bridgehead atoms. The van der Waals surface area contributed by atoms with Crippen molar-refractivity contribution in [1.29, 1.82) is 0 Å². The van der Waals surface area contributed by atoms with E-state index >= 15 is 0 Å². The maximum Gasteiger partial charge on any atom is 0.257 e. The zero-order chi connectivity index (χ0) is 9.90. The molecule has 1 N–H and O–H groups in total. The third-order valence-electron chi connectivity index (χ3n) is 2.62. The molecule has 1 amide bonds. The summed E-state index contributed by atoms with van der Waals surface area (Å²) < 4.78 is 0. The summed E-state index contributed by atoms with van der Waals surface area (Å²) in [5.74, 6) is -0.0718. The topological polar surface area (TPSA) is 41.6 Å². The second-order valence-electron chi connectivity index (χ2n) is 4.07. The molecule has 0 aromatic carbocycles. The lowest BCUT2D eigenvalue weighted by Gasteiger charge is -2.30. The van der Waals surface area contributed by atoms with E-state index < -0.39 is 0 Å². The fourth-order valence-corrected chi connectivity index (χ4v) is 1.78. The lowest BCUT2D eigenvalue weighted by Crippen LogP contribution is -2.44. The van der Waals surface area contributed by atoms with Gasteiger partial charge in [-0.2, -0.15) is 0 Å². The molecular formula is C9H18N2O2. The molecule has 0 aromatic rings. The Morgan fingerprint density at radius 3 is 2.77 bits per heavy atom. The van der Waals surface area contributed by atoms with Gasteiger partial charge in [0.15, 0.2) is 0 Å². The Kier molecular flexibility index (Phi) is 3.27. The van der Waals surface area contributed by atoms with Gasteiger partial charge in [0.2, 0.25) is 0 Å². The van der Waals surface area contributed by atoms with E-state index in [-0.39, 0.29) is 11.4 Å². The van der Waals surface area contributed by atoms with Crippen molar-refractivity contribution < 1.29 is 9.63 Å². The quantitative estimate of drug-likeness (QED) is 0.654. The number of carbonyl (C=O) groups excluding carboxylic acids is 1. The van der Waals surface area contributed by atoms with E-state index in [0.717, 1.165) is 13.0 Å². The van der Waals surface area contributed by atoms with E-state index in [1.807, 2.05) is 0 Å². The lowest BCUT2D eigenvalue weighted by molar-refractivity contribution is -0.133. The highest BCUT2D eigenvalue weighted by molar-refractivity contribution is 5.77. The first-order valence-corrected chi connectivity index (χ1v) is 4.63. The van der Waals surface area contributed by atoms with Gasteiger partial charge in [-0.05, 0) is 33.2 Å². The van der Waals surface area contributed by atoms with Crippen molar-refractivity contribution >= 4 is 5.91 Å². The molecule has 0 radical (unpaired) electrons. The number of carbonyl (C=O) groups is 1. The molecule has 1 rings (SSSR count). The number of hydroxylamine groups is 1. The maximum absolute atomic E-state index is 11.2. The van der Waals surface area contributed by atoms with Crippen LogP contribution in [0.15, 0.2) is 0 Å². The van der Waals surface area contributed by atoms with Crippen LogP contribution in [0.5, 0.6) is 0 Å². The molecule has 0 unspecified atom stereocenters. The minimum atomic E-state index is -0.0718. The van der Waals surface area contributed by atoms with Crippen LogP contribution in [0.2, 0.25) is 0 Å². The van der Waals surface area contributed by atoms with Crippen molar-refractivity contribution in [2.45, 2.75) is 32.2 Å². The zero-order valence-electron chi connectivity index (χ0n) is 8.59. The third kappa shape index (κ3) is 2.67. The highest BCUT2D eigenvalue weighted by Crippen LogP contribution is 2.27. The summed E-state index contributed by atoms with van der Waals surface area (Å²) in [7, 11) is 1.45. The zero-order valence-corrected chi connectivity index (χ0v) is 8.59. The monoisotopic (exact) mass is 186 g/mol. The predicted octanol–water partition coefficient (Wildman–Crippen LogP) is 0.538. The van der Waals surface area contributed by atoms with E-state index in [0.29, 0.717) is 6.54 Å². The number of hydrogen-bond acceptors (Lipinski definition) is 3. The smallest absolute Gasteiger partial charge is 0.257 e. The van der Waals surface area contributed by atoms with Crippen molar-refractivity contribution in [3.63, 3.8) is 0 Å². The molecule has 0 atom stereocenters. The number of nitrogens with one attached hydrogen (secondary N) is 1. The van der Waals surface area contributed by atoms with Crippen LogP contribution < -0.4 is 5.48 Å². The summed E-state index contributed by atoms with van der Waals surface area (Å²) in [5, 5.41) is 0. The molecule has 0 saturated carbocycles. The van der Waals surface area contributed by atoms with E-state index in [4.69, 9.17) is 0 Å². The highest BCUT2D eigenvalue weighted by Gasteiger charge is 2.32. The molecule has 0 aliphatic carbocycles. The largest absolute Gasteiger partial charge is 0.289 e. The SMILES string of the molecule is CONC(=O)CN1CCCC1(C)C. The second-order valence-corrected chi connectivity index (χ2v) is 4.07. The maximum atomic E-state index is 11.2. The first-order chi connectivity index (χ1) is 6.06. The van der Waals surface area contributed by atoms with Crippen LogP contribution in [0.1, 0.15) is 26.7 Å². The molecule has 1 aliphatic rings. The van der Waals surface area contributed by atoms with Gasteiger partial charge in [-0.3, -0.25) is 14.5 Å². The fourth-order valence-electron chi connectivity index (χ4n) is 1.78. The molecule has 1 fully saturated rings. The molecule has 0 aromatic heterocycles. The van der Waals surface area contributed by atoms with Crippen LogP contribution in [0.25, 0.3) is 0 Å². The fraction of sp³-hybridized carbons (Fsp3) is 0.889. The molecule has 13 heavy (non-hydrogen) atoms. The Hall–Kier alpha value is -0.610. The summed E-state index contributed by atoms with van der Waals surface area (Å²) in [5.41, 5.74) is 2.49. The van der Waals surface area contributed by atoms with Crippen molar-refractivity contribution in [3.8, 4) is 0 Å². The third-order valence-corrected chi connectivity index (χ3v) is 2.62. The molecule has 1 heterocycles. The molecule has 4 nitrogen and oxygen atoms in total. The highest BCUT2D eigenvalue weighted by atomic mass is 16.6. The number of nitrogens with zero attached hydrogens (tertiary/aromatic N) is 1. The van der Waals surface area contributed by atoms with Gasteiger partial charge in [-0.25, -0.2) is 5.48 Å². The average Bonchev–Trinajstić information content (AvgIpc) is 2.31. The standard InChI is InChI=1S/C9H18N2O2/c1-9(2)5-4-6-11(9)7-8(12)10-13-3/h4-7H2,1-3H3,(H,10,12). The molecular weight excluding hydrogens is 168 g/mol. The van der Waals surface area contributed by atoms with Crippen LogP contribution in [0, 0.1) is 0 Å². The van der Waals surface area contributed by atoms with Crippen molar-refractivity contribution in [3.05, 3.63) is 0 Å². The van der Waals surface area contributed by atoms with E-state index in [9.17, 15) is 4.79 Å². The first-order valence-electron chi connectivity index (χ1n) is 4.63. The first kappa shape index (κ1) is 10.5. The van der Waals surface area contributed by atoms with Gasteiger partial charge in [-0.1, -0.05) is 0 Å². The number of hydrogen-bond donors (Lipinski definition) is 1. The van der Waals surface area contributed by atoms with Crippen LogP contribution in [0.3, 0.4) is 0 Å². The number of likely N-dealkylation sites (tertiary alicyclic amines) is 1. The molecule has 0 spiro atoms. The van der Waals surface area contributed by atoms with Gasteiger partial charge in [-0.15, -0.1) is 0 Å². The molecule has 1 aliphatic heterocycles. The predicted molar refractivity (Wildman–Crippen MR) is 50.0 cm³/mol. The van der Waals surface area contributed by atoms with Crippen LogP contribution in [0.4, 0.5) is 0 Å². The Labute approximate surface area is 79.2 Å². The van der Waals surface area contributed by atoms with E-state index in [1.165, 1.54) is 13.5 Å². The van der Waals surface area contributed by atoms with Crippen LogP contribution in [-0.2, 0) is 9.63 Å². The Balaban J connectivity index is 2.40. The number of rotatable bonds is 3. The minimum Gasteiger partial charge on any atom is -0.289 e. The Morgan fingerprint density at radius 1 is 1.62 bits per heavy atom. The summed E-state index contributed by atoms with van der Waals surface area (Å²) in [6.45, 7) is 5.77. The van der Waals surface area contributed by atoms with Crippen molar-refractivity contribution in [1.82, 2.24) is 10.4 Å². The summed E-state index contributed by atoms with van der Waals surface area (Å²) in [6, 6.07) is 0. The minimum absolute atomic E-state index is 0.0718. The number of amides is 1. The van der Waals surface area contributed by atoms with Crippen molar-refractivity contribution in [2.75, 3.05) is 20.2 Å². The average molecular weight is 186 g/mol. The molecule has 76 valence electrons.